The molecule has 0 bridgehead atoms. The number of carbonyl (C=O) groups is 3. The maximum Gasteiger partial charge on any atom is 0.389 e. The van der Waals surface area contributed by atoms with E-state index in [0.717, 1.165) is 0 Å². The number of benzodiazepines with no additional fused rings is 1. The molecule has 0 saturated carbocycles. The van der Waals surface area contributed by atoms with E-state index in [1.54, 1.807) is 54.6 Å². The van der Waals surface area contributed by atoms with Gasteiger partial charge in [-0.2, -0.15) is 26.3 Å². The predicted molar refractivity (Wildman–Crippen MR) is 129 cm³/mol. The first kappa shape index (κ1) is 29.7. The molecule has 13 heteroatoms. The van der Waals surface area contributed by atoms with Crippen LogP contribution in [0.3, 0.4) is 0 Å². The van der Waals surface area contributed by atoms with Crippen LogP contribution in [0.2, 0.25) is 0 Å². The Kier molecular flexibility index (Phi) is 9.03. The number of amides is 2. The third-order valence-corrected chi connectivity index (χ3v) is 6.29. The molecule has 39 heavy (non-hydrogen) atoms. The minimum absolute atomic E-state index is 0.271. The second-order valence-corrected chi connectivity index (χ2v) is 9.03. The lowest BCUT2D eigenvalue weighted by Gasteiger charge is -2.26. The zero-order valence-corrected chi connectivity index (χ0v) is 20.6. The van der Waals surface area contributed by atoms with Gasteiger partial charge in [-0.05, 0) is 18.9 Å². The standard InChI is InChI=1S/C26H25F6N3O4/c1-35-19-10-6-5-9-18(19)20(15-7-3-2-4-8-15)33-21(23(35)37)34-22(36)16(11-13-25(27,28)29)17(24(38)39)12-14-26(30,31)32/h2-10,16-17,21H,11-14H2,1H3,(H,34,36)(H,38,39). The van der Waals surface area contributed by atoms with E-state index >= 15 is 0 Å². The second-order valence-electron chi connectivity index (χ2n) is 9.03. The number of aliphatic carboxylic acids is 1. The van der Waals surface area contributed by atoms with Crippen LogP contribution < -0.4 is 10.2 Å². The van der Waals surface area contributed by atoms with Crippen LogP contribution in [0.15, 0.2) is 59.6 Å². The molecule has 0 aromatic heterocycles. The number of aliphatic imine (C=N–C) groups is 1. The number of carboxylic acid groups (broad SMARTS) is 1. The van der Waals surface area contributed by atoms with Gasteiger partial charge in [0.2, 0.25) is 12.1 Å². The highest BCUT2D eigenvalue weighted by Crippen LogP contribution is 2.33. The molecule has 7 nitrogen and oxygen atoms in total. The van der Waals surface area contributed by atoms with Gasteiger partial charge in [0.25, 0.3) is 5.91 Å². The summed E-state index contributed by atoms with van der Waals surface area (Å²) in [6, 6.07) is 15.2. The minimum Gasteiger partial charge on any atom is -0.481 e. The number of carboxylic acids is 1. The molecule has 2 aromatic carbocycles. The largest absolute Gasteiger partial charge is 0.481 e. The van der Waals surface area contributed by atoms with E-state index in [-0.39, 0.29) is 5.71 Å². The third-order valence-electron chi connectivity index (χ3n) is 6.29. The lowest BCUT2D eigenvalue weighted by molar-refractivity contribution is -0.159. The minimum atomic E-state index is -4.80. The number of likely N-dealkylation sites (N-methyl/N-ethyl adjacent to an activating group) is 1. The van der Waals surface area contributed by atoms with Gasteiger partial charge in [0.15, 0.2) is 0 Å². The van der Waals surface area contributed by atoms with Crippen LogP contribution in [0.1, 0.15) is 36.8 Å². The first-order valence-corrected chi connectivity index (χ1v) is 11.8. The van der Waals surface area contributed by atoms with Gasteiger partial charge in [0.1, 0.15) is 0 Å². The van der Waals surface area contributed by atoms with E-state index in [1.165, 1.54) is 11.9 Å². The number of alkyl halides is 6. The number of para-hydroxylation sites is 1. The van der Waals surface area contributed by atoms with Crippen LogP contribution in [-0.2, 0) is 14.4 Å². The molecular formula is C26H25F6N3O4. The van der Waals surface area contributed by atoms with Gasteiger partial charge in [-0.3, -0.25) is 14.4 Å². The van der Waals surface area contributed by atoms with Crippen molar-refractivity contribution >= 4 is 29.2 Å². The Morgan fingerprint density at radius 2 is 1.46 bits per heavy atom. The van der Waals surface area contributed by atoms with Gasteiger partial charge in [-0.25, -0.2) is 4.99 Å². The van der Waals surface area contributed by atoms with Crippen molar-refractivity contribution in [3.8, 4) is 0 Å². The quantitative estimate of drug-likeness (QED) is 0.427. The highest BCUT2D eigenvalue weighted by Gasteiger charge is 2.41. The summed E-state index contributed by atoms with van der Waals surface area (Å²) in [5.74, 6) is -8.04. The average molecular weight is 557 g/mol. The fraction of sp³-hybridized carbons (Fsp3) is 0.385. The molecule has 2 amide bonds. The predicted octanol–water partition coefficient (Wildman–Crippen LogP) is 4.94. The zero-order valence-electron chi connectivity index (χ0n) is 20.6. The Labute approximate surface area is 219 Å². The number of nitrogens with one attached hydrogen (secondary N) is 1. The molecule has 2 aromatic rings. The molecule has 0 radical (unpaired) electrons. The van der Waals surface area contributed by atoms with Crippen molar-refractivity contribution < 1.29 is 45.8 Å². The summed E-state index contributed by atoms with van der Waals surface area (Å²) in [5, 5.41) is 11.8. The lowest BCUT2D eigenvalue weighted by Crippen LogP contribution is -2.49. The smallest absolute Gasteiger partial charge is 0.389 e. The lowest BCUT2D eigenvalue weighted by atomic mass is 9.84. The number of benzene rings is 2. The van der Waals surface area contributed by atoms with Gasteiger partial charge < -0.3 is 15.3 Å². The van der Waals surface area contributed by atoms with Gasteiger partial charge in [-0.1, -0.05) is 48.5 Å². The first-order chi connectivity index (χ1) is 18.2. The second kappa shape index (κ2) is 11.9. The molecule has 0 saturated heterocycles. The molecule has 1 aliphatic heterocycles. The normalized spacial score (nSPS) is 17.5. The number of fused-ring (bicyclic) bond motifs is 1. The van der Waals surface area contributed by atoms with Crippen LogP contribution in [0.5, 0.6) is 0 Å². The maximum atomic E-state index is 13.3. The third kappa shape index (κ3) is 7.80. The number of carbonyl (C=O) groups excluding carboxylic acids is 2. The number of hydrogen-bond acceptors (Lipinski definition) is 4. The van der Waals surface area contributed by atoms with Crippen LogP contribution in [0.25, 0.3) is 0 Å². The monoisotopic (exact) mass is 557 g/mol. The Morgan fingerprint density at radius 1 is 0.923 bits per heavy atom. The van der Waals surface area contributed by atoms with E-state index in [1.807, 2.05) is 0 Å². The summed E-state index contributed by atoms with van der Waals surface area (Å²) in [4.78, 5) is 43.9. The van der Waals surface area contributed by atoms with E-state index in [2.05, 4.69) is 10.3 Å². The molecule has 1 aliphatic rings. The molecule has 2 N–H and O–H groups in total. The summed E-state index contributed by atoms with van der Waals surface area (Å²) in [6.45, 7) is 0. The average Bonchev–Trinajstić information content (AvgIpc) is 2.95. The highest BCUT2D eigenvalue weighted by molar-refractivity contribution is 6.20. The van der Waals surface area contributed by atoms with E-state index in [0.29, 0.717) is 16.8 Å². The molecule has 3 rings (SSSR count). The fourth-order valence-corrected chi connectivity index (χ4v) is 4.33. The van der Waals surface area contributed by atoms with Gasteiger partial charge in [-0.15, -0.1) is 0 Å². The van der Waals surface area contributed by atoms with Gasteiger partial charge >= 0.3 is 18.3 Å². The Bertz CT molecular complexity index is 1230. The van der Waals surface area contributed by atoms with E-state index in [4.69, 9.17) is 0 Å². The summed E-state index contributed by atoms with van der Waals surface area (Å²) in [6.07, 6.45) is -16.7. The number of hydrogen-bond donors (Lipinski definition) is 2. The molecule has 0 spiro atoms. The van der Waals surface area contributed by atoms with Crippen molar-refractivity contribution in [1.82, 2.24) is 5.32 Å². The van der Waals surface area contributed by atoms with Gasteiger partial charge in [0, 0.05) is 31.0 Å². The summed E-state index contributed by atoms with van der Waals surface area (Å²) >= 11 is 0. The molecule has 1 heterocycles. The van der Waals surface area contributed by atoms with Crippen LogP contribution >= 0.6 is 0 Å². The SMILES string of the molecule is CN1C(=O)C(NC(=O)C(CCC(F)(F)F)C(CCC(F)(F)F)C(=O)O)N=C(c2ccccc2)c2ccccc21. The molecule has 0 fully saturated rings. The number of anilines is 1. The van der Waals surface area contributed by atoms with Crippen LogP contribution in [0, 0.1) is 11.8 Å². The molecule has 3 unspecified atom stereocenters. The zero-order chi connectivity index (χ0) is 29.0. The van der Waals surface area contributed by atoms with Crippen molar-refractivity contribution in [2.75, 3.05) is 11.9 Å². The first-order valence-electron chi connectivity index (χ1n) is 11.8. The van der Waals surface area contributed by atoms with Crippen molar-refractivity contribution in [3.05, 3.63) is 65.7 Å². The Hall–Kier alpha value is -3.90. The summed E-state index contributed by atoms with van der Waals surface area (Å²) in [7, 11) is 1.40. The van der Waals surface area contributed by atoms with Crippen LogP contribution in [0.4, 0.5) is 32.0 Å². The van der Waals surface area contributed by atoms with Crippen molar-refractivity contribution in [3.63, 3.8) is 0 Å². The molecule has 3 atom stereocenters. The summed E-state index contributed by atoms with van der Waals surface area (Å²) in [5.41, 5.74) is 1.75. The van der Waals surface area contributed by atoms with Crippen molar-refractivity contribution in [2.24, 2.45) is 16.8 Å². The van der Waals surface area contributed by atoms with Gasteiger partial charge in [0.05, 0.1) is 23.2 Å². The van der Waals surface area contributed by atoms with Crippen LogP contribution in [-0.4, -0.2) is 54.2 Å². The fourth-order valence-electron chi connectivity index (χ4n) is 4.33. The van der Waals surface area contributed by atoms with Crippen molar-refractivity contribution in [1.29, 1.82) is 0 Å². The number of nitrogens with zero attached hydrogens (tertiary/aromatic N) is 2. The summed E-state index contributed by atoms with van der Waals surface area (Å²) < 4.78 is 77.5. The number of rotatable bonds is 9. The topological polar surface area (TPSA) is 99.1 Å². The molecule has 0 aliphatic carbocycles. The maximum absolute atomic E-state index is 13.3. The molecular weight excluding hydrogens is 532 g/mol. The van der Waals surface area contributed by atoms with E-state index < -0.39 is 73.8 Å². The van der Waals surface area contributed by atoms with Crippen molar-refractivity contribution in [2.45, 2.75) is 44.2 Å². The Morgan fingerprint density at radius 3 is 2.03 bits per heavy atom. The number of halogens is 6. The van der Waals surface area contributed by atoms with E-state index in [9.17, 15) is 45.8 Å². The molecule has 210 valence electrons. The Balaban J connectivity index is 2.00. The highest BCUT2D eigenvalue weighted by atomic mass is 19.4.